The molecule has 0 aromatic heterocycles. The predicted octanol–water partition coefficient (Wildman–Crippen LogP) is 4.05. The first kappa shape index (κ1) is 10.6. The minimum atomic E-state index is -4.25. The molecular weight excluding hydrogens is 221 g/mol. The van der Waals surface area contributed by atoms with E-state index in [2.05, 4.69) is 0 Å². The van der Waals surface area contributed by atoms with E-state index < -0.39 is 11.7 Å². The van der Waals surface area contributed by atoms with E-state index in [0.717, 1.165) is 6.07 Å². The number of rotatable bonds is 1. The highest BCUT2D eigenvalue weighted by molar-refractivity contribution is 8.02. The predicted molar refractivity (Wildman–Crippen MR) is 55.8 cm³/mol. The fourth-order valence-electron chi connectivity index (χ4n) is 1.64. The highest BCUT2D eigenvalue weighted by Gasteiger charge is 2.34. The van der Waals surface area contributed by atoms with Crippen molar-refractivity contribution in [2.45, 2.75) is 12.1 Å². The summed E-state index contributed by atoms with van der Waals surface area (Å²) in [6.07, 6.45) is -2.42. The van der Waals surface area contributed by atoms with Gasteiger partial charge < -0.3 is 0 Å². The molecule has 0 spiro atoms. The van der Waals surface area contributed by atoms with Crippen LogP contribution in [0.3, 0.4) is 0 Å². The van der Waals surface area contributed by atoms with Gasteiger partial charge in [0.15, 0.2) is 0 Å². The molecule has 0 N–H and O–H groups in total. The van der Waals surface area contributed by atoms with E-state index in [9.17, 15) is 13.2 Å². The van der Waals surface area contributed by atoms with Gasteiger partial charge in [0, 0.05) is 11.7 Å². The molecule has 1 aliphatic rings. The van der Waals surface area contributed by atoms with Crippen molar-refractivity contribution in [3.8, 4) is 0 Å². The number of alkyl halides is 3. The van der Waals surface area contributed by atoms with E-state index in [-0.39, 0.29) is 5.92 Å². The molecule has 0 fully saturated rings. The molecule has 1 unspecified atom stereocenters. The van der Waals surface area contributed by atoms with Gasteiger partial charge in [-0.15, -0.1) is 11.8 Å². The number of allylic oxidation sites excluding steroid dienone is 1. The molecule has 1 aliphatic heterocycles. The van der Waals surface area contributed by atoms with Crippen LogP contribution in [0.1, 0.15) is 17.0 Å². The van der Waals surface area contributed by atoms with Crippen LogP contribution in [0.25, 0.3) is 0 Å². The second kappa shape index (κ2) is 3.93. The molecule has 0 radical (unpaired) electrons. The van der Waals surface area contributed by atoms with Gasteiger partial charge >= 0.3 is 6.18 Å². The van der Waals surface area contributed by atoms with Crippen molar-refractivity contribution in [3.63, 3.8) is 0 Å². The van der Waals surface area contributed by atoms with Gasteiger partial charge in [-0.1, -0.05) is 24.3 Å². The first-order chi connectivity index (χ1) is 7.09. The van der Waals surface area contributed by atoms with Crippen LogP contribution in [0.5, 0.6) is 0 Å². The molecule has 0 nitrogen and oxygen atoms in total. The summed E-state index contributed by atoms with van der Waals surface area (Å²) in [5.41, 5.74) is -0.131. The molecule has 15 heavy (non-hydrogen) atoms. The Bertz CT molecular complexity index is 382. The molecule has 80 valence electrons. The number of hydrogen-bond donors (Lipinski definition) is 0. The molecule has 0 aliphatic carbocycles. The Morgan fingerprint density at radius 3 is 2.53 bits per heavy atom. The third-order valence-corrected chi connectivity index (χ3v) is 3.25. The maximum atomic E-state index is 12.7. The molecule has 2 rings (SSSR count). The van der Waals surface area contributed by atoms with Gasteiger partial charge in [-0.2, -0.15) is 13.2 Å². The average Bonchev–Trinajstić information content (AvgIpc) is 2.69. The first-order valence-corrected chi connectivity index (χ1v) is 5.58. The maximum absolute atomic E-state index is 12.7. The zero-order chi connectivity index (χ0) is 10.9. The van der Waals surface area contributed by atoms with Gasteiger partial charge in [0.05, 0.1) is 5.56 Å². The number of halogens is 3. The lowest BCUT2D eigenvalue weighted by atomic mass is 9.95. The van der Waals surface area contributed by atoms with Gasteiger partial charge in [-0.25, -0.2) is 0 Å². The molecule has 4 heteroatoms. The van der Waals surface area contributed by atoms with E-state index in [1.165, 1.54) is 6.07 Å². The van der Waals surface area contributed by atoms with Crippen LogP contribution >= 0.6 is 11.8 Å². The van der Waals surface area contributed by atoms with Crippen LogP contribution in [-0.4, -0.2) is 5.75 Å². The second-order valence-electron chi connectivity index (χ2n) is 3.35. The van der Waals surface area contributed by atoms with Crippen molar-refractivity contribution < 1.29 is 13.2 Å². The zero-order valence-corrected chi connectivity index (χ0v) is 8.61. The Morgan fingerprint density at radius 1 is 1.20 bits per heavy atom. The summed E-state index contributed by atoms with van der Waals surface area (Å²) in [5, 5.41) is 1.86. The van der Waals surface area contributed by atoms with Crippen molar-refractivity contribution in [2.75, 3.05) is 5.75 Å². The number of thioether (sulfide) groups is 1. The summed E-state index contributed by atoms with van der Waals surface area (Å²) in [5.74, 6) is 0.598. The van der Waals surface area contributed by atoms with Crippen molar-refractivity contribution >= 4 is 11.8 Å². The Hall–Kier alpha value is -0.900. The van der Waals surface area contributed by atoms with E-state index >= 15 is 0 Å². The van der Waals surface area contributed by atoms with Gasteiger partial charge in [0.25, 0.3) is 0 Å². The quantitative estimate of drug-likeness (QED) is 0.701. The monoisotopic (exact) mass is 230 g/mol. The fourth-order valence-corrected chi connectivity index (χ4v) is 2.55. The lowest BCUT2D eigenvalue weighted by Gasteiger charge is -2.15. The number of benzene rings is 1. The largest absolute Gasteiger partial charge is 0.416 e. The third kappa shape index (κ3) is 2.20. The van der Waals surface area contributed by atoms with Gasteiger partial charge in [0.1, 0.15) is 0 Å². The molecule has 0 saturated carbocycles. The van der Waals surface area contributed by atoms with Crippen molar-refractivity contribution in [3.05, 3.63) is 46.9 Å². The minimum absolute atomic E-state index is 0.104. The smallest absolute Gasteiger partial charge is 0.166 e. The summed E-state index contributed by atoms with van der Waals surface area (Å²) in [4.78, 5) is 0. The standard InChI is InChI=1S/C11H9F3S/c12-11(13,14)10-4-2-1-3-9(10)8-5-6-15-7-8/h1-6,8H,7H2. The van der Waals surface area contributed by atoms with Crippen molar-refractivity contribution in [1.82, 2.24) is 0 Å². The Balaban J connectivity index is 2.42. The molecular formula is C11H9F3S. The summed E-state index contributed by atoms with van der Waals surface area (Å²) in [6, 6.07) is 5.79. The number of hydrogen-bond acceptors (Lipinski definition) is 1. The van der Waals surface area contributed by atoms with E-state index in [0.29, 0.717) is 11.3 Å². The van der Waals surface area contributed by atoms with Crippen LogP contribution in [0.2, 0.25) is 0 Å². The van der Waals surface area contributed by atoms with Crippen LogP contribution in [0.15, 0.2) is 35.7 Å². The van der Waals surface area contributed by atoms with E-state index in [1.54, 1.807) is 23.9 Å². The zero-order valence-electron chi connectivity index (χ0n) is 7.79. The Labute approximate surface area is 90.2 Å². The molecule has 0 saturated heterocycles. The van der Waals surface area contributed by atoms with E-state index in [1.807, 2.05) is 11.5 Å². The Kier molecular flexibility index (Phi) is 2.78. The summed E-state index contributed by atoms with van der Waals surface area (Å²) in [7, 11) is 0. The SMILES string of the molecule is FC(F)(F)c1ccccc1C1C=CSC1. The summed E-state index contributed by atoms with van der Waals surface area (Å²) < 4.78 is 38.0. The highest BCUT2D eigenvalue weighted by Crippen LogP contribution is 2.38. The first-order valence-electron chi connectivity index (χ1n) is 4.53. The lowest BCUT2D eigenvalue weighted by molar-refractivity contribution is -0.138. The van der Waals surface area contributed by atoms with Crippen LogP contribution < -0.4 is 0 Å². The van der Waals surface area contributed by atoms with Gasteiger partial charge in [-0.05, 0) is 17.0 Å². The Morgan fingerprint density at radius 2 is 1.93 bits per heavy atom. The normalized spacial score (nSPS) is 20.9. The highest BCUT2D eigenvalue weighted by atomic mass is 32.2. The second-order valence-corrected chi connectivity index (χ2v) is 4.29. The van der Waals surface area contributed by atoms with Gasteiger partial charge in [-0.3, -0.25) is 0 Å². The lowest BCUT2D eigenvalue weighted by Crippen LogP contribution is -2.11. The molecule has 1 heterocycles. The topological polar surface area (TPSA) is 0 Å². The maximum Gasteiger partial charge on any atom is 0.416 e. The van der Waals surface area contributed by atoms with Crippen LogP contribution in [-0.2, 0) is 6.18 Å². The van der Waals surface area contributed by atoms with Gasteiger partial charge in [0.2, 0.25) is 0 Å². The van der Waals surface area contributed by atoms with Crippen molar-refractivity contribution in [2.24, 2.45) is 0 Å². The summed E-state index contributed by atoms with van der Waals surface area (Å²) in [6.45, 7) is 0. The molecule has 0 amide bonds. The minimum Gasteiger partial charge on any atom is -0.166 e. The van der Waals surface area contributed by atoms with Crippen molar-refractivity contribution in [1.29, 1.82) is 0 Å². The average molecular weight is 230 g/mol. The molecule has 1 aromatic rings. The fraction of sp³-hybridized carbons (Fsp3) is 0.273. The molecule has 1 aromatic carbocycles. The summed E-state index contributed by atoms with van der Waals surface area (Å²) >= 11 is 1.55. The molecule has 1 atom stereocenters. The van der Waals surface area contributed by atoms with E-state index in [4.69, 9.17) is 0 Å². The van der Waals surface area contributed by atoms with Crippen LogP contribution in [0.4, 0.5) is 13.2 Å². The molecule has 0 bridgehead atoms. The van der Waals surface area contributed by atoms with Crippen LogP contribution in [0, 0.1) is 0 Å². The third-order valence-electron chi connectivity index (χ3n) is 2.35.